The van der Waals surface area contributed by atoms with Crippen LogP contribution in [0.25, 0.3) is 0 Å². The molecule has 8 heteroatoms. The molecule has 2 aliphatic heterocycles. The van der Waals surface area contributed by atoms with E-state index in [0.29, 0.717) is 16.1 Å². The van der Waals surface area contributed by atoms with Crippen LogP contribution in [0.5, 0.6) is 0 Å². The zero-order valence-corrected chi connectivity index (χ0v) is 21.0. The van der Waals surface area contributed by atoms with E-state index in [1.807, 2.05) is 32.0 Å². The zero-order valence-electron chi connectivity index (χ0n) is 20.3. The first kappa shape index (κ1) is 25.2. The molecule has 4 rings (SSSR count). The maximum Gasteiger partial charge on any atom is 0.416 e. The van der Waals surface area contributed by atoms with Crippen LogP contribution in [0.3, 0.4) is 0 Å². The number of cyclic esters (lactones) is 1. The molecule has 0 spiro atoms. The van der Waals surface area contributed by atoms with Crippen molar-refractivity contribution in [1.82, 2.24) is 4.90 Å². The van der Waals surface area contributed by atoms with Crippen molar-refractivity contribution < 1.29 is 28.6 Å². The molecule has 2 heterocycles. The molecule has 2 fully saturated rings. The third kappa shape index (κ3) is 4.32. The number of carbonyl (C=O) groups excluding carboxylic acids is 3. The summed E-state index contributed by atoms with van der Waals surface area (Å²) in [5.41, 5.74) is -0.279. The van der Waals surface area contributed by atoms with Crippen LogP contribution in [0.2, 0.25) is 5.02 Å². The Hall–Kier alpha value is -2.90. The second-order valence-electron chi connectivity index (χ2n) is 9.32. The fraction of sp³-hybridized carbons (Fsp3) is 0.444. The van der Waals surface area contributed by atoms with Gasteiger partial charge in [-0.15, -0.1) is 0 Å². The molecule has 0 aliphatic carbocycles. The van der Waals surface area contributed by atoms with Gasteiger partial charge in [0.25, 0.3) is 0 Å². The normalized spacial score (nSPS) is 28.3. The number of ether oxygens (including phenoxy) is 3. The van der Waals surface area contributed by atoms with Crippen molar-refractivity contribution in [2.24, 2.45) is 17.8 Å². The number of hydrogen-bond acceptors (Lipinski definition) is 6. The fourth-order valence-electron chi connectivity index (χ4n) is 5.11. The largest absolute Gasteiger partial charge is 0.464 e. The Morgan fingerprint density at radius 1 is 1.14 bits per heavy atom. The topological polar surface area (TPSA) is 82.1 Å². The number of esters is 1. The quantitative estimate of drug-likeness (QED) is 0.513. The van der Waals surface area contributed by atoms with E-state index >= 15 is 0 Å². The van der Waals surface area contributed by atoms with Crippen LogP contribution in [0, 0.1) is 17.8 Å². The molecule has 2 aliphatic rings. The number of amides is 2. The molecule has 2 aromatic carbocycles. The van der Waals surface area contributed by atoms with Gasteiger partial charge < -0.3 is 14.2 Å². The summed E-state index contributed by atoms with van der Waals surface area (Å²) in [6.07, 6.45) is -1.50. The van der Waals surface area contributed by atoms with Gasteiger partial charge in [-0.25, -0.2) is 14.5 Å². The van der Waals surface area contributed by atoms with Crippen molar-refractivity contribution in [2.45, 2.75) is 45.4 Å². The Kier molecular flexibility index (Phi) is 7.20. The highest BCUT2D eigenvalue weighted by molar-refractivity contribution is 6.30. The number of halogens is 1. The molecule has 0 unspecified atom stereocenters. The maximum absolute atomic E-state index is 14.1. The molecular weight excluding hydrogens is 470 g/mol. The first-order valence-electron chi connectivity index (χ1n) is 11.9. The van der Waals surface area contributed by atoms with Crippen LogP contribution in [0.15, 0.2) is 54.6 Å². The van der Waals surface area contributed by atoms with Crippen molar-refractivity contribution in [3.05, 3.63) is 70.7 Å². The summed E-state index contributed by atoms with van der Waals surface area (Å²) in [6, 6.07) is 15.6. The fourth-order valence-corrected chi connectivity index (χ4v) is 5.24. The molecule has 5 atom stereocenters. The summed E-state index contributed by atoms with van der Waals surface area (Å²) < 4.78 is 17.3. The molecule has 0 N–H and O–H groups in total. The Labute approximate surface area is 210 Å². The van der Waals surface area contributed by atoms with E-state index in [1.54, 1.807) is 50.2 Å². The van der Waals surface area contributed by atoms with Gasteiger partial charge in [0.2, 0.25) is 5.91 Å². The Morgan fingerprint density at radius 3 is 2.40 bits per heavy atom. The lowest BCUT2D eigenvalue weighted by atomic mass is 9.75. The standard InChI is InChI=1S/C27H30ClNO6/c1-5-33-25(31)27(19-9-7-6-8-10-19)17(4)22(23(35-27)18-11-13-20(28)14-12-18)24(30)29-21(16(2)3)15-34-26(29)32/h6-14,16-17,21-23H,5,15H2,1-4H3/t17-,21+,22-,23-,27+/m0/s1. The molecule has 0 aromatic heterocycles. The van der Waals surface area contributed by atoms with E-state index in [1.165, 1.54) is 4.90 Å². The van der Waals surface area contributed by atoms with E-state index in [9.17, 15) is 14.4 Å². The molecule has 2 saturated heterocycles. The van der Waals surface area contributed by atoms with Crippen molar-refractivity contribution in [2.75, 3.05) is 13.2 Å². The van der Waals surface area contributed by atoms with Gasteiger partial charge in [-0.05, 0) is 36.1 Å². The maximum atomic E-state index is 14.1. The monoisotopic (exact) mass is 499 g/mol. The van der Waals surface area contributed by atoms with E-state index in [2.05, 4.69) is 0 Å². The molecule has 2 amide bonds. The molecular formula is C27H30ClNO6. The van der Waals surface area contributed by atoms with Crippen LogP contribution in [-0.2, 0) is 29.4 Å². The smallest absolute Gasteiger partial charge is 0.416 e. The van der Waals surface area contributed by atoms with Crippen LogP contribution in [-0.4, -0.2) is 42.1 Å². The third-order valence-corrected chi connectivity index (χ3v) is 7.25. The van der Waals surface area contributed by atoms with Gasteiger partial charge in [0.15, 0.2) is 5.60 Å². The first-order chi connectivity index (χ1) is 16.7. The molecule has 2 aromatic rings. The lowest BCUT2D eigenvalue weighted by molar-refractivity contribution is -0.176. The van der Waals surface area contributed by atoms with Crippen molar-refractivity contribution in [3.8, 4) is 0 Å². The third-order valence-electron chi connectivity index (χ3n) is 7.00. The predicted octanol–water partition coefficient (Wildman–Crippen LogP) is 5.13. The summed E-state index contributed by atoms with van der Waals surface area (Å²) in [5.74, 6) is -2.51. The van der Waals surface area contributed by atoms with Crippen LogP contribution in [0.1, 0.15) is 44.9 Å². The first-order valence-corrected chi connectivity index (χ1v) is 12.3. The Bertz CT molecular complexity index is 1090. The summed E-state index contributed by atoms with van der Waals surface area (Å²) in [5, 5.41) is 0.533. The highest BCUT2D eigenvalue weighted by Gasteiger charge is 2.63. The molecule has 0 radical (unpaired) electrons. The number of hydrogen-bond donors (Lipinski definition) is 0. The van der Waals surface area contributed by atoms with Gasteiger partial charge in [-0.3, -0.25) is 4.79 Å². The number of nitrogens with zero attached hydrogens (tertiary/aromatic N) is 1. The second-order valence-corrected chi connectivity index (χ2v) is 9.76. The second kappa shape index (κ2) is 9.99. The van der Waals surface area contributed by atoms with Gasteiger partial charge >= 0.3 is 12.1 Å². The van der Waals surface area contributed by atoms with Gasteiger partial charge in [0.1, 0.15) is 6.61 Å². The lowest BCUT2D eigenvalue weighted by Gasteiger charge is -2.32. The molecule has 0 bridgehead atoms. The van der Waals surface area contributed by atoms with E-state index in [4.69, 9.17) is 25.8 Å². The Morgan fingerprint density at radius 2 is 1.80 bits per heavy atom. The summed E-state index contributed by atoms with van der Waals surface area (Å²) >= 11 is 6.11. The average Bonchev–Trinajstić information content (AvgIpc) is 3.38. The van der Waals surface area contributed by atoms with Gasteiger partial charge in [-0.1, -0.05) is 74.8 Å². The zero-order chi connectivity index (χ0) is 25.3. The molecule has 7 nitrogen and oxygen atoms in total. The van der Waals surface area contributed by atoms with Gasteiger partial charge in [-0.2, -0.15) is 0 Å². The Balaban J connectivity index is 1.86. The van der Waals surface area contributed by atoms with Crippen molar-refractivity contribution >= 4 is 29.6 Å². The van der Waals surface area contributed by atoms with Crippen molar-refractivity contribution in [3.63, 3.8) is 0 Å². The van der Waals surface area contributed by atoms with Crippen LogP contribution < -0.4 is 0 Å². The number of rotatable bonds is 6. The minimum atomic E-state index is -1.54. The highest BCUT2D eigenvalue weighted by Crippen LogP contribution is 2.55. The molecule has 186 valence electrons. The summed E-state index contributed by atoms with van der Waals surface area (Å²) in [7, 11) is 0. The number of benzene rings is 2. The number of carbonyl (C=O) groups is 3. The van der Waals surface area contributed by atoms with E-state index < -0.39 is 47.6 Å². The highest BCUT2D eigenvalue weighted by atomic mass is 35.5. The average molecular weight is 500 g/mol. The lowest BCUT2D eigenvalue weighted by Crippen LogP contribution is -2.48. The SMILES string of the molecule is CCOC(=O)[C@@]1(c2ccccc2)O[C@@H](c2ccc(Cl)cc2)[C@@H](C(=O)N2C(=O)OC[C@@H]2C(C)C)[C@@H]1C. The van der Waals surface area contributed by atoms with Crippen molar-refractivity contribution in [1.29, 1.82) is 0 Å². The molecule has 0 saturated carbocycles. The van der Waals surface area contributed by atoms with Crippen LogP contribution in [0.4, 0.5) is 4.79 Å². The minimum Gasteiger partial charge on any atom is -0.464 e. The van der Waals surface area contributed by atoms with Gasteiger partial charge in [0, 0.05) is 10.9 Å². The number of imide groups is 1. The predicted molar refractivity (Wildman–Crippen MR) is 130 cm³/mol. The van der Waals surface area contributed by atoms with Crippen LogP contribution >= 0.6 is 11.6 Å². The summed E-state index contributed by atoms with van der Waals surface area (Å²) in [4.78, 5) is 41.5. The molecule has 35 heavy (non-hydrogen) atoms. The van der Waals surface area contributed by atoms with E-state index in [-0.39, 0.29) is 19.1 Å². The summed E-state index contributed by atoms with van der Waals surface area (Å²) in [6.45, 7) is 7.69. The van der Waals surface area contributed by atoms with E-state index in [0.717, 1.165) is 0 Å². The minimum absolute atomic E-state index is 0.000876. The van der Waals surface area contributed by atoms with Gasteiger partial charge in [0.05, 0.1) is 24.7 Å².